The molecule has 1 heterocycles. The molecule has 0 unspecified atom stereocenters. The zero-order chi connectivity index (χ0) is 9.14. The van der Waals surface area contributed by atoms with Crippen LogP contribution in [0.25, 0.3) is 0 Å². The van der Waals surface area contributed by atoms with Gasteiger partial charge < -0.3 is 5.11 Å². The number of hydrogen-bond donors (Lipinski definition) is 1. The molecule has 4 heteroatoms. The molecule has 0 atom stereocenters. The monoisotopic (exact) mass is 173 g/mol. The van der Waals surface area contributed by atoms with Gasteiger partial charge in [-0.25, -0.2) is 8.78 Å². The minimum absolute atomic E-state index is 0.110. The Bertz CT molecular complexity index is 276. The van der Waals surface area contributed by atoms with Crippen LogP contribution in [0, 0.1) is 6.92 Å². The summed E-state index contributed by atoms with van der Waals surface area (Å²) >= 11 is 0. The van der Waals surface area contributed by atoms with E-state index in [1.807, 2.05) is 0 Å². The molecule has 1 aromatic rings. The largest absolute Gasteiger partial charge is 0.392 e. The minimum Gasteiger partial charge on any atom is -0.392 e. The fraction of sp³-hybridized carbons (Fsp3) is 0.375. The first-order chi connectivity index (χ1) is 5.65. The molecular weight excluding hydrogens is 164 g/mol. The van der Waals surface area contributed by atoms with E-state index in [4.69, 9.17) is 5.11 Å². The molecule has 0 amide bonds. The average molecular weight is 173 g/mol. The first-order valence-corrected chi connectivity index (χ1v) is 3.49. The summed E-state index contributed by atoms with van der Waals surface area (Å²) in [6.45, 7) is 1.26. The molecule has 66 valence electrons. The van der Waals surface area contributed by atoms with Crippen molar-refractivity contribution < 1.29 is 13.9 Å². The van der Waals surface area contributed by atoms with Crippen molar-refractivity contribution in [3.8, 4) is 0 Å². The van der Waals surface area contributed by atoms with Gasteiger partial charge in [0, 0.05) is 17.5 Å². The zero-order valence-electron chi connectivity index (χ0n) is 6.59. The molecule has 0 aliphatic heterocycles. The Morgan fingerprint density at radius 2 is 2.25 bits per heavy atom. The Balaban J connectivity index is 3.08. The van der Waals surface area contributed by atoms with Crippen LogP contribution in [-0.4, -0.2) is 10.1 Å². The van der Waals surface area contributed by atoms with E-state index < -0.39 is 6.43 Å². The lowest BCUT2D eigenvalue weighted by atomic mass is 10.1. The van der Waals surface area contributed by atoms with Crippen LogP contribution >= 0.6 is 0 Å². The second-order valence-corrected chi connectivity index (χ2v) is 2.48. The molecule has 0 aliphatic carbocycles. The standard InChI is InChI=1S/C8H9F2NO/c1-5-7(8(9)10)2-6(4-12)3-11-5/h2-3,8,12H,4H2,1H3. The van der Waals surface area contributed by atoms with Gasteiger partial charge in [-0.1, -0.05) is 0 Å². The van der Waals surface area contributed by atoms with Crippen LogP contribution in [0.15, 0.2) is 12.3 Å². The molecule has 0 saturated heterocycles. The number of halogens is 2. The molecule has 0 aromatic carbocycles. The first-order valence-electron chi connectivity index (χ1n) is 3.49. The fourth-order valence-electron chi connectivity index (χ4n) is 0.903. The highest BCUT2D eigenvalue weighted by molar-refractivity contribution is 5.25. The average Bonchev–Trinajstić information content (AvgIpc) is 2.05. The Morgan fingerprint density at radius 3 is 2.75 bits per heavy atom. The molecule has 1 aromatic heterocycles. The van der Waals surface area contributed by atoms with Crippen molar-refractivity contribution in [2.24, 2.45) is 0 Å². The third kappa shape index (κ3) is 1.76. The van der Waals surface area contributed by atoms with Crippen molar-refractivity contribution in [2.45, 2.75) is 20.0 Å². The number of hydrogen-bond acceptors (Lipinski definition) is 2. The molecule has 0 spiro atoms. The maximum atomic E-state index is 12.2. The van der Waals surface area contributed by atoms with Crippen LogP contribution in [0.1, 0.15) is 23.2 Å². The second-order valence-electron chi connectivity index (χ2n) is 2.48. The number of aryl methyl sites for hydroxylation is 1. The Labute approximate surface area is 68.9 Å². The summed E-state index contributed by atoms with van der Waals surface area (Å²) in [5, 5.41) is 8.65. The quantitative estimate of drug-likeness (QED) is 0.739. The predicted octanol–water partition coefficient (Wildman–Crippen LogP) is 1.82. The van der Waals surface area contributed by atoms with E-state index in [1.54, 1.807) is 0 Å². The lowest BCUT2D eigenvalue weighted by molar-refractivity contribution is 0.149. The molecule has 1 rings (SSSR count). The second kappa shape index (κ2) is 3.58. The normalized spacial score (nSPS) is 10.8. The van der Waals surface area contributed by atoms with Crippen molar-refractivity contribution in [3.05, 3.63) is 29.1 Å². The molecule has 0 aliphatic rings. The molecule has 12 heavy (non-hydrogen) atoms. The highest BCUT2D eigenvalue weighted by Gasteiger charge is 2.11. The van der Waals surface area contributed by atoms with Gasteiger partial charge in [0.1, 0.15) is 0 Å². The molecule has 0 fully saturated rings. The molecule has 0 radical (unpaired) electrons. The van der Waals surface area contributed by atoms with Crippen LogP contribution in [0.3, 0.4) is 0 Å². The smallest absolute Gasteiger partial charge is 0.265 e. The van der Waals surface area contributed by atoms with Gasteiger partial charge in [-0.05, 0) is 18.6 Å². The van der Waals surface area contributed by atoms with Crippen LogP contribution in [0.4, 0.5) is 8.78 Å². The number of aliphatic hydroxyl groups is 1. The van der Waals surface area contributed by atoms with Gasteiger partial charge in [0.05, 0.1) is 6.61 Å². The van der Waals surface area contributed by atoms with E-state index in [9.17, 15) is 8.78 Å². The Kier molecular flexibility index (Phi) is 2.70. The Hall–Kier alpha value is -1.03. The van der Waals surface area contributed by atoms with Gasteiger partial charge in [0.2, 0.25) is 0 Å². The van der Waals surface area contributed by atoms with E-state index in [0.29, 0.717) is 11.3 Å². The Morgan fingerprint density at radius 1 is 1.58 bits per heavy atom. The highest BCUT2D eigenvalue weighted by atomic mass is 19.3. The van der Waals surface area contributed by atoms with Crippen molar-refractivity contribution >= 4 is 0 Å². The number of alkyl halides is 2. The molecular formula is C8H9F2NO. The van der Waals surface area contributed by atoms with Crippen LogP contribution < -0.4 is 0 Å². The van der Waals surface area contributed by atoms with E-state index in [-0.39, 0.29) is 12.2 Å². The van der Waals surface area contributed by atoms with Crippen LogP contribution in [0.5, 0.6) is 0 Å². The van der Waals surface area contributed by atoms with E-state index in [0.717, 1.165) is 0 Å². The SMILES string of the molecule is Cc1ncc(CO)cc1C(F)F. The third-order valence-electron chi connectivity index (χ3n) is 1.60. The van der Waals surface area contributed by atoms with Gasteiger partial charge in [-0.2, -0.15) is 0 Å². The summed E-state index contributed by atoms with van der Waals surface area (Å²) in [7, 11) is 0. The number of nitrogens with zero attached hydrogens (tertiary/aromatic N) is 1. The number of aromatic nitrogens is 1. The molecule has 2 nitrogen and oxygen atoms in total. The lowest BCUT2D eigenvalue weighted by Crippen LogP contribution is -1.96. The summed E-state index contributed by atoms with van der Waals surface area (Å²) < 4.78 is 24.4. The zero-order valence-corrected chi connectivity index (χ0v) is 6.59. The van der Waals surface area contributed by atoms with Crippen molar-refractivity contribution in [1.29, 1.82) is 0 Å². The van der Waals surface area contributed by atoms with Crippen LogP contribution in [0.2, 0.25) is 0 Å². The maximum absolute atomic E-state index is 12.2. The summed E-state index contributed by atoms with van der Waals surface area (Å²) in [6, 6.07) is 1.27. The summed E-state index contributed by atoms with van der Waals surface area (Å²) in [6.07, 6.45) is -1.13. The lowest BCUT2D eigenvalue weighted by Gasteiger charge is -2.04. The molecule has 0 saturated carbocycles. The summed E-state index contributed by atoms with van der Waals surface area (Å²) in [4.78, 5) is 3.73. The fourth-order valence-corrected chi connectivity index (χ4v) is 0.903. The van der Waals surface area contributed by atoms with Gasteiger partial charge in [-0.3, -0.25) is 4.98 Å². The predicted molar refractivity (Wildman–Crippen MR) is 39.9 cm³/mol. The molecule has 1 N–H and O–H groups in total. The summed E-state index contributed by atoms with van der Waals surface area (Å²) in [5.41, 5.74) is 0.611. The van der Waals surface area contributed by atoms with Crippen molar-refractivity contribution in [1.82, 2.24) is 4.98 Å². The summed E-state index contributed by atoms with van der Waals surface area (Å²) in [5.74, 6) is 0. The topological polar surface area (TPSA) is 33.1 Å². The van der Waals surface area contributed by atoms with E-state index in [2.05, 4.69) is 4.98 Å². The maximum Gasteiger partial charge on any atom is 0.265 e. The van der Waals surface area contributed by atoms with Gasteiger partial charge in [0.25, 0.3) is 6.43 Å². The van der Waals surface area contributed by atoms with Gasteiger partial charge in [0.15, 0.2) is 0 Å². The minimum atomic E-state index is -2.52. The highest BCUT2D eigenvalue weighted by Crippen LogP contribution is 2.21. The number of rotatable bonds is 2. The number of aliphatic hydroxyl groups excluding tert-OH is 1. The first kappa shape index (κ1) is 9.06. The van der Waals surface area contributed by atoms with Gasteiger partial charge >= 0.3 is 0 Å². The van der Waals surface area contributed by atoms with E-state index in [1.165, 1.54) is 19.2 Å². The van der Waals surface area contributed by atoms with Gasteiger partial charge in [-0.15, -0.1) is 0 Å². The number of pyridine rings is 1. The van der Waals surface area contributed by atoms with Crippen molar-refractivity contribution in [3.63, 3.8) is 0 Å². The molecule has 0 bridgehead atoms. The van der Waals surface area contributed by atoms with Crippen molar-refractivity contribution in [2.75, 3.05) is 0 Å². The third-order valence-corrected chi connectivity index (χ3v) is 1.60. The van der Waals surface area contributed by atoms with Crippen LogP contribution in [-0.2, 0) is 6.61 Å². The van der Waals surface area contributed by atoms with E-state index >= 15 is 0 Å².